The van der Waals surface area contributed by atoms with E-state index in [1.165, 1.54) is 27.6 Å². The van der Waals surface area contributed by atoms with Crippen LogP contribution in [0.3, 0.4) is 0 Å². The Morgan fingerprint density at radius 1 is 0.974 bits per heavy atom. The SMILES string of the molecule is O=C(Cn1c(OC(=O)Nc2ccc(-n3ccc(=O)[nH]c3=O)cc2)nc2ccccc21)Nc1ccc(Cl)cn1. The van der Waals surface area contributed by atoms with Crippen molar-refractivity contribution in [2.45, 2.75) is 6.54 Å². The van der Waals surface area contributed by atoms with Gasteiger partial charge in [-0.3, -0.25) is 29.0 Å². The third-order valence-corrected chi connectivity index (χ3v) is 5.54. The highest BCUT2D eigenvalue weighted by atomic mass is 35.5. The summed E-state index contributed by atoms with van der Waals surface area (Å²) in [6, 6.07) is 17.6. The van der Waals surface area contributed by atoms with Crippen LogP contribution in [-0.2, 0) is 11.3 Å². The molecule has 5 aromatic rings. The largest absolute Gasteiger partial charge is 0.419 e. The molecule has 0 aliphatic heterocycles. The molecule has 3 N–H and O–H groups in total. The van der Waals surface area contributed by atoms with Crippen molar-refractivity contribution in [3.05, 3.63) is 105 Å². The number of carbonyl (C=O) groups excluding carboxylic acids is 2. The molecule has 2 aromatic carbocycles. The van der Waals surface area contributed by atoms with E-state index >= 15 is 0 Å². The maximum Gasteiger partial charge on any atom is 0.419 e. The number of anilines is 2. The molecule has 13 heteroatoms. The van der Waals surface area contributed by atoms with Gasteiger partial charge in [0.15, 0.2) is 0 Å². The van der Waals surface area contributed by atoms with E-state index in [9.17, 15) is 19.2 Å². The third kappa shape index (κ3) is 5.44. The summed E-state index contributed by atoms with van der Waals surface area (Å²) in [6.07, 6.45) is 1.92. The zero-order valence-corrected chi connectivity index (χ0v) is 20.2. The number of carbonyl (C=O) groups is 2. The number of amides is 2. The number of fused-ring (bicyclic) bond motifs is 1. The van der Waals surface area contributed by atoms with Crippen molar-refractivity contribution in [3.63, 3.8) is 0 Å². The summed E-state index contributed by atoms with van der Waals surface area (Å²) in [4.78, 5) is 59.2. The fourth-order valence-electron chi connectivity index (χ4n) is 3.61. The Kier molecular flexibility index (Phi) is 6.70. The van der Waals surface area contributed by atoms with Crippen molar-refractivity contribution in [2.75, 3.05) is 10.6 Å². The molecule has 0 bridgehead atoms. The second kappa shape index (κ2) is 10.4. The highest BCUT2D eigenvalue weighted by molar-refractivity contribution is 6.30. The molecule has 0 saturated carbocycles. The molecule has 3 heterocycles. The number of aromatic amines is 1. The fraction of sp³-hybridized carbons (Fsp3) is 0.0400. The molecule has 0 fully saturated rings. The molecule has 190 valence electrons. The molecule has 5 rings (SSSR count). The Morgan fingerprint density at radius 3 is 2.50 bits per heavy atom. The smallest absolute Gasteiger partial charge is 0.375 e. The number of ether oxygens (including phenoxy) is 1. The summed E-state index contributed by atoms with van der Waals surface area (Å²) in [7, 11) is 0. The molecular formula is C25H18ClN7O5. The number of hydrogen-bond donors (Lipinski definition) is 3. The van der Waals surface area contributed by atoms with Crippen molar-refractivity contribution in [2.24, 2.45) is 0 Å². The number of para-hydroxylation sites is 2. The number of nitrogens with one attached hydrogen (secondary N) is 3. The number of pyridine rings is 1. The molecule has 2 amide bonds. The monoisotopic (exact) mass is 531 g/mol. The summed E-state index contributed by atoms with van der Waals surface area (Å²) >= 11 is 5.84. The lowest BCUT2D eigenvalue weighted by molar-refractivity contribution is -0.116. The van der Waals surface area contributed by atoms with Gasteiger partial charge in [0, 0.05) is 24.1 Å². The molecular weight excluding hydrogens is 514 g/mol. The van der Waals surface area contributed by atoms with Crippen LogP contribution in [0.15, 0.2) is 88.7 Å². The molecule has 0 unspecified atom stereocenters. The second-order valence-electron chi connectivity index (χ2n) is 7.92. The van der Waals surface area contributed by atoms with E-state index in [0.717, 1.165) is 0 Å². The van der Waals surface area contributed by atoms with Gasteiger partial charge < -0.3 is 10.1 Å². The zero-order chi connectivity index (χ0) is 26.6. The van der Waals surface area contributed by atoms with Crippen LogP contribution in [0.4, 0.5) is 16.3 Å². The van der Waals surface area contributed by atoms with Gasteiger partial charge >= 0.3 is 17.8 Å². The minimum Gasteiger partial charge on any atom is -0.375 e. The average Bonchev–Trinajstić information content (AvgIpc) is 3.22. The van der Waals surface area contributed by atoms with Crippen molar-refractivity contribution in [1.29, 1.82) is 0 Å². The topological polar surface area (TPSA) is 153 Å². The lowest BCUT2D eigenvalue weighted by atomic mass is 10.3. The molecule has 38 heavy (non-hydrogen) atoms. The van der Waals surface area contributed by atoms with Gasteiger partial charge in [0.2, 0.25) is 5.91 Å². The van der Waals surface area contributed by atoms with Crippen molar-refractivity contribution >= 4 is 46.1 Å². The van der Waals surface area contributed by atoms with Gasteiger partial charge in [-0.2, -0.15) is 4.98 Å². The first-order valence-corrected chi connectivity index (χ1v) is 11.5. The fourth-order valence-corrected chi connectivity index (χ4v) is 3.72. The first-order chi connectivity index (χ1) is 18.4. The molecule has 0 atom stereocenters. The molecule has 12 nitrogen and oxygen atoms in total. The Morgan fingerprint density at radius 2 is 1.76 bits per heavy atom. The van der Waals surface area contributed by atoms with Gasteiger partial charge in [-0.25, -0.2) is 14.6 Å². The van der Waals surface area contributed by atoms with E-state index in [1.807, 2.05) is 0 Å². The Hall–Kier alpha value is -5.23. The minimum atomic E-state index is -0.838. The number of H-pyrrole nitrogens is 1. The van der Waals surface area contributed by atoms with Gasteiger partial charge in [-0.05, 0) is 48.5 Å². The summed E-state index contributed by atoms with van der Waals surface area (Å²) < 4.78 is 8.15. The first-order valence-electron chi connectivity index (χ1n) is 11.1. The number of nitrogens with zero attached hydrogens (tertiary/aromatic N) is 4. The van der Waals surface area contributed by atoms with E-state index in [1.54, 1.807) is 60.7 Å². The van der Waals surface area contributed by atoms with E-state index in [-0.39, 0.29) is 12.6 Å². The Bertz CT molecular complexity index is 1760. The van der Waals surface area contributed by atoms with Crippen LogP contribution in [0.5, 0.6) is 6.01 Å². The van der Waals surface area contributed by atoms with E-state index in [0.29, 0.717) is 33.2 Å². The quantitative estimate of drug-likeness (QED) is 0.304. The minimum absolute atomic E-state index is 0.0840. The number of benzene rings is 2. The van der Waals surface area contributed by atoms with Crippen LogP contribution in [0.25, 0.3) is 16.7 Å². The predicted octanol–water partition coefficient (Wildman–Crippen LogP) is 3.17. The lowest BCUT2D eigenvalue weighted by Gasteiger charge is -2.11. The maximum atomic E-state index is 12.7. The van der Waals surface area contributed by atoms with E-state index in [2.05, 4.69) is 25.6 Å². The number of imidazole rings is 1. The number of rotatable bonds is 6. The van der Waals surface area contributed by atoms with Gasteiger partial charge in [0.25, 0.3) is 5.56 Å². The molecule has 0 radical (unpaired) electrons. The standard InChI is InChI=1S/C25H18ClN7O5/c26-15-5-10-20(27-13-15)30-22(35)14-33-19-4-2-1-3-18(19)29-24(33)38-25(37)28-16-6-8-17(9-7-16)32-12-11-21(34)31-23(32)36/h1-13H,14H2,(H,28,37)(H,27,30,35)(H,31,34,36). The van der Waals surface area contributed by atoms with Gasteiger partial charge in [-0.15, -0.1) is 0 Å². The summed E-state index contributed by atoms with van der Waals surface area (Å²) in [5.74, 6) is -0.0991. The van der Waals surface area contributed by atoms with Gasteiger partial charge in [0.05, 0.1) is 21.7 Å². The van der Waals surface area contributed by atoms with Gasteiger partial charge in [0.1, 0.15) is 12.4 Å². The lowest BCUT2D eigenvalue weighted by Crippen LogP contribution is -2.27. The van der Waals surface area contributed by atoms with Gasteiger partial charge in [-0.1, -0.05) is 23.7 Å². The number of aromatic nitrogens is 5. The summed E-state index contributed by atoms with van der Waals surface area (Å²) in [5, 5.41) is 5.68. The van der Waals surface area contributed by atoms with Crippen LogP contribution in [0.1, 0.15) is 0 Å². The summed E-state index contributed by atoms with van der Waals surface area (Å²) in [6.45, 7) is -0.198. The van der Waals surface area contributed by atoms with Crippen LogP contribution in [-0.4, -0.2) is 36.1 Å². The van der Waals surface area contributed by atoms with Crippen molar-refractivity contribution in [3.8, 4) is 11.7 Å². The number of halogens is 1. The van der Waals surface area contributed by atoms with Crippen molar-refractivity contribution < 1.29 is 14.3 Å². The molecule has 0 aliphatic carbocycles. The normalized spacial score (nSPS) is 10.8. The average molecular weight is 532 g/mol. The van der Waals surface area contributed by atoms with E-state index < -0.39 is 23.2 Å². The molecule has 0 aliphatic rings. The predicted molar refractivity (Wildman–Crippen MR) is 140 cm³/mol. The van der Waals surface area contributed by atoms with Crippen molar-refractivity contribution in [1.82, 2.24) is 24.1 Å². The Labute approximate surface area is 218 Å². The zero-order valence-electron chi connectivity index (χ0n) is 19.4. The molecule has 0 saturated heterocycles. The van der Waals surface area contributed by atoms with E-state index in [4.69, 9.17) is 16.3 Å². The maximum absolute atomic E-state index is 12.7. The Balaban J connectivity index is 1.31. The van der Waals surface area contributed by atoms with Crippen LogP contribution in [0, 0.1) is 0 Å². The molecule has 0 spiro atoms. The molecule has 3 aromatic heterocycles. The highest BCUT2D eigenvalue weighted by Gasteiger charge is 2.18. The van der Waals surface area contributed by atoms with Crippen LogP contribution in [0.2, 0.25) is 5.02 Å². The third-order valence-electron chi connectivity index (χ3n) is 5.32. The van der Waals surface area contributed by atoms with Crippen LogP contribution < -0.4 is 26.6 Å². The highest BCUT2D eigenvalue weighted by Crippen LogP contribution is 2.22. The first kappa shape index (κ1) is 24.5. The van der Waals surface area contributed by atoms with Crippen LogP contribution >= 0.6 is 11.6 Å². The number of hydrogen-bond acceptors (Lipinski definition) is 7. The second-order valence-corrected chi connectivity index (χ2v) is 8.36. The summed E-state index contributed by atoms with van der Waals surface area (Å²) in [5.41, 5.74) is 0.886.